The summed E-state index contributed by atoms with van der Waals surface area (Å²) in [5.41, 5.74) is 3.23. The van der Waals surface area contributed by atoms with Gasteiger partial charge in [-0.2, -0.15) is 0 Å². The van der Waals surface area contributed by atoms with Gasteiger partial charge in [-0.15, -0.1) is 0 Å². The number of hydrogen-bond donors (Lipinski definition) is 1. The Labute approximate surface area is 146 Å². The van der Waals surface area contributed by atoms with Crippen molar-refractivity contribution < 1.29 is 14.3 Å². The molecule has 2 aromatic rings. The van der Waals surface area contributed by atoms with Crippen molar-refractivity contribution in [1.29, 1.82) is 0 Å². The molecule has 0 bridgehead atoms. The zero-order valence-electron chi connectivity index (χ0n) is 14.1. The fourth-order valence-electron chi connectivity index (χ4n) is 3.57. The molecule has 128 valence electrons. The Kier molecular flexibility index (Phi) is 4.01. The van der Waals surface area contributed by atoms with Gasteiger partial charge in [0.2, 0.25) is 0 Å². The maximum absolute atomic E-state index is 13.3. The van der Waals surface area contributed by atoms with Crippen molar-refractivity contribution in [2.24, 2.45) is 0 Å². The molecule has 2 aromatic carbocycles. The van der Waals surface area contributed by atoms with Crippen LogP contribution in [0.5, 0.6) is 0 Å². The molecule has 0 saturated carbocycles. The number of anilines is 1. The molecule has 0 fully saturated rings. The summed E-state index contributed by atoms with van der Waals surface area (Å²) >= 11 is 0. The van der Waals surface area contributed by atoms with Crippen LogP contribution in [-0.2, 0) is 16.0 Å². The minimum Gasteiger partial charge on any atom is -0.363 e. The molecule has 0 aliphatic carbocycles. The molecule has 0 spiro atoms. The van der Waals surface area contributed by atoms with Crippen LogP contribution in [0.25, 0.3) is 0 Å². The number of para-hydroxylation sites is 1. The van der Waals surface area contributed by atoms with Gasteiger partial charge in [-0.05, 0) is 36.6 Å². The van der Waals surface area contributed by atoms with E-state index in [0.717, 1.165) is 17.5 Å². The SMILES string of the molecule is CC1CN(C(=O)C2OCCc3ccccc32)c2ccccc2C(=O)N1. The zero-order valence-corrected chi connectivity index (χ0v) is 14.1. The van der Waals surface area contributed by atoms with Crippen LogP contribution in [0.15, 0.2) is 48.5 Å². The number of rotatable bonds is 1. The Bertz CT molecular complexity index is 833. The van der Waals surface area contributed by atoms with Crippen LogP contribution < -0.4 is 10.2 Å². The van der Waals surface area contributed by atoms with Crippen molar-refractivity contribution in [3.63, 3.8) is 0 Å². The van der Waals surface area contributed by atoms with Gasteiger partial charge in [0.25, 0.3) is 11.8 Å². The third-order valence-electron chi connectivity index (χ3n) is 4.76. The van der Waals surface area contributed by atoms with Crippen LogP contribution in [0.4, 0.5) is 5.69 Å². The van der Waals surface area contributed by atoms with Gasteiger partial charge in [-0.25, -0.2) is 0 Å². The predicted molar refractivity (Wildman–Crippen MR) is 94.6 cm³/mol. The summed E-state index contributed by atoms with van der Waals surface area (Å²) in [6.07, 6.45) is 0.186. The summed E-state index contributed by atoms with van der Waals surface area (Å²) in [7, 11) is 0. The van der Waals surface area contributed by atoms with Crippen molar-refractivity contribution in [1.82, 2.24) is 5.32 Å². The maximum Gasteiger partial charge on any atom is 0.260 e. The molecule has 0 aromatic heterocycles. The molecule has 1 N–H and O–H groups in total. The molecule has 2 heterocycles. The molecule has 0 saturated heterocycles. The van der Waals surface area contributed by atoms with E-state index in [4.69, 9.17) is 4.74 Å². The van der Waals surface area contributed by atoms with Gasteiger partial charge < -0.3 is 15.0 Å². The molecule has 2 aliphatic rings. The maximum atomic E-state index is 13.3. The van der Waals surface area contributed by atoms with Crippen molar-refractivity contribution in [2.45, 2.75) is 25.5 Å². The number of carbonyl (C=O) groups is 2. The number of carbonyl (C=O) groups excluding carboxylic acids is 2. The highest BCUT2D eigenvalue weighted by atomic mass is 16.5. The summed E-state index contributed by atoms with van der Waals surface area (Å²) in [6, 6.07) is 15.0. The Morgan fingerprint density at radius 1 is 1.16 bits per heavy atom. The lowest BCUT2D eigenvalue weighted by Gasteiger charge is -2.31. The molecular weight excluding hydrogens is 316 g/mol. The molecular formula is C20H20N2O3. The molecule has 5 nitrogen and oxygen atoms in total. The first kappa shape index (κ1) is 15.8. The van der Waals surface area contributed by atoms with Crippen molar-refractivity contribution in [3.8, 4) is 0 Å². The van der Waals surface area contributed by atoms with Crippen LogP contribution in [-0.4, -0.2) is 31.0 Å². The fraction of sp³-hybridized carbons (Fsp3) is 0.300. The standard InChI is InChI=1S/C20H20N2O3/c1-13-12-22(17-9-5-4-8-16(17)19(23)21-13)20(24)18-15-7-3-2-6-14(15)10-11-25-18/h2-9,13,18H,10-12H2,1H3,(H,21,23). The number of fused-ring (bicyclic) bond motifs is 2. The van der Waals surface area contributed by atoms with Gasteiger partial charge in [0.05, 0.1) is 17.9 Å². The number of ether oxygens (including phenoxy) is 1. The quantitative estimate of drug-likeness (QED) is 0.870. The van der Waals surface area contributed by atoms with Crippen molar-refractivity contribution in [3.05, 3.63) is 65.2 Å². The largest absolute Gasteiger partial charge is 0.363 e. The molecule has 2 unspecified atom stereocenters. The fourth-order valence-corrected chi connectivity index (χ4v) is 3.57. The average molecular weight is 336 g/mol. The van der Waals surface area contributed by atoms with E-state index < -0.39 is 6.10 Å². The lowest BCUT2D eigenvalue weighted by atomic mass is 9.96. The number of amides is 2. The first-order valence-electron chi connectivity index (χ1n) is 8.56. The average Bonchev–Trinajstić information content (AvgIpc) is 2.77. The number of benzene rings is 2. The predicted octanol–water partition coefficient (Wildman–Crippen LogP) is 2.47. The zero-order chi connectivity index (χ0) is 17.4. The lowest BCUT2D eigenvalue weighted by Crippen LogP contribution is -2.44. The number of nitrogens with one attached hydrogen (secondary N) is 1. The van der Waals surface area contributed by atoms with E-state index in [-0.39, 0.29) is 17.9 Å². The molecule has 4 rings (SSSR count). The van der Waals surface area contributed by atoms with Crippen molar-refractivity contribution >= 4 is 17.5 Å². The smallest absolute Gasteiger partial charge is 0.260 e. The Morgan fingerprint density at radius 2 is 1.92 bits per heavy atom. The topological polar surface area (TPSA) is 58.6 Å². The van der Waals surface area contributed by atoms with Crippen LogP contribution in [0, 0.1) is 0 Å². The van der Waals surface area contributed by atoms with Crippen molar-refractivity contribution in [2.75, 3.05) is 18.1 Å². The van der Waals surface area contributed by atoms with Gasteiger partial charge in [0.15, 0.2) is 6.10 Å². The second kappa shape index (κ2) is 6.33. The first-order valence-corrected chi connectivity index (χ1v) is 8.56. The van der Waals surface area contributed by atoms with E-state index in [1.165, 1.54) is 0 Å². The van der Waals surface area contributed by atoms with E-state index in [2.05, 4.69) is 5.32 Å². The van der Waals surface area contributed by atoms with Crippen LogP contribution in [0.2, 0.25) is 0 Å². The summed E-state index contributed by atoms with van der Waals surface area (Å²) in [5.74, 6) is -0.272. The van der Waals surface area contributed by atoms with Gasteiger partial charge >= 0.3 is 0 Å². The second-order valence-corrected chi connectivity index (χ2v) is 6.54. The molecule has 25 heavy (non-hydrogen) atoms. The number of hydrogen-bond acceptors (Lipinski definition) is 3. The highest BCUT2D eigenvalue weighted by molar-refractivity contribution is 6.07. The van der Waals surface area contributed by atoms with E-state index >= 15 is 0 Å². The molecule has 0 radical (unpaired) electrons. The minimum absolute atomic E-state index is 0.122. The molecule has 2 amide bonds. The van der Waals surface area contributed by atoms with Crippen LogP contribution >= 0.6 is 0 Å². The van der Waals surface area contributed by atoms with E-state index in [1.54, 1.807) is 11.0 Å². The highest BCUT2D eigenvalue weighted by Crippen LogP contribution is 2.32. The van der Waals surface area contributed by atoms with E-state index in [1.807, 2.05) is 49.4 Å². The summed E-state index contributed by atoms with van der Waals surface area (Å²) in [5, 5.41) is 2.93. The monoisotopic (exact) mass is 336 g/mol. The van der Waals surface area contributed by atoms with E-state index in [9.17, 15) is 9.59 Å². The minimum atomic E-state index is -0.626. The van der Waals surface area contributed by atoms with Crippen LogP contribution in [0.3, 0.4) is 0 Å². The number of nitrogens with zero attached hydrogens (tertiary/aromatic N) is 1. The molecule has 2 atom stereocenters. The van der Waals surface area contributed by atoms with Gasteiger partial charge in [0, 0.05) is 12.6 Å². The van der Waals surface area contributed by atoms with Gasteiger partial charge in [-0.3, -0.25) is 9.59 Å². The summed E-state index contributed by atoms with van der Waals surface area (Å²) < 4.78 is 5.84. The second-order valence-electron chi connectivity index (χ2n) is 6.54. The van der Waals surface area contributed by atoms with Gasteiger partial charge in [-0.1, -0.05) is 36.4 Å². The summed E-state index contributed by atoms with van der Waals surface area (Å²) in [6.45, 7) is 2.85. The first-order chi connectivity index (χ1) is 12.1. The highest BCUT2D eigenvalue weighted by Gasteiger charge is 2.35. The Morgan fingerprint density at radius 3 is 2.80 bits per heavy atom. The normalized spacial score (nSPS) is 22.4. The Balaban J connectivity index is 1.75. The summed E-state index contributed by atoms with van der Waals surface area (Å²) in [4.78, 5) is 27.4. The van der Waals surface area contributed by atoms with Crippen LogP contribution in [0.1, 0.15) is 34.5 Å². The van der Waals surface area contributed by atoms with E-state index in [0.29, 0.717) is 24.4 Å². The third kappa shape index (κ3) is 2.81. The molecule has 2 aliphatic heterocycles. The van der Waals surface area contributed by atoms with Gasteiger partial charge in [0.1, 0.15) is 0 Å². The lowest BCUT2D eigenvalue weighted by molar-refractivity contribution is -0.131. The third-order valence-corrected chi connectivity index (χ3v) is 4.76. The molecule has 5 heteroatoms. The Hall–Kier alpha value is -2.66.